The molecule has 1 aromatic rings. The number of hydrogen-bond acceptors (Lipinski definition) is 1. The average molecular weight is 274 g/mol. The van der Waals surface area contributed by atoms with Gasteiger partial charge in [-0.15, -0.1) is 0 Å². The van der Waals surface area contributed by atoms with Crippen LogP contribution >= 0.6 is 15.9 Å². The summed E-state index contributed by atoms with van der Waals surface area (Å²) in [6.45, 7) is 5.46. The van der Waals surface area contributed by atoms with Crippen LogP contribution < -0.4 is 5.32 Å². The summed E-state index contributed by atoms with van der Waals surface area (Å²) in [5, 5.41) is 2.72. The molecule has 0 unspecified atom stereocenters. The summed E-state index contributed by atoms with van der Waals surface area (Å²) in [5.74, 6) is -0.439. The van der Waals surface area contributed by atoms with Gasteiger partial charge >= 0.3 is 0 Å². The summed E-state index contributed by atoms with van der Waals surface area (Å²) in [5.41, 5.74) is 0.115. The Morgan fingerprint density at radius 1 is 1.40 bits per heavy atom. The molecule has 1 rings (SSSR count). The maximum atomic E-state index is 12.8. The molecule has 15 heavy (non-hydrogen) atoms. The lowest BCUT2D eigenvalue weighted by atomic mass is 9.95. The Hall–Kier alpha value is -0.900. The van der Waals surface area contributed by atoms with E-state index in [9.17, 15) is 9.18 Å². The van der Waals surface area contributed by atoms with Gasteiger partial charge in [0, 0.05) is 9.89 Å². The highest BCUT2D eigenvalue weighted by Gasteiger charge is 2.21. The highest BCUT2D eigenvalue weighted by Crippen LogP contribution is 2.25. The van der Waals surface area contributed by atoms with Gasteiger partial charge in [-0.25, -0.2) is 4.39 Å². The molecule has 0 saturated carbocycles. The van der Waals surface area contributed by atoms with E-state index in [1.807, 2.05) is 20.8 Å². The number of carbonyl (C=O) groups excluding carboxylic acids is 1. The van der Waals surface area contributed by atoms with Crippen molar-refractivity contribution >= 4 is 27.5 Å². The quantitative estimate of drug-likeness (QED) is 0.833. The average Bonchev–Trinajstić information content (AvgIpc) is 2.08. The van der Waals surface area contributed by atoms with E-state index in [1.54, 1.807) is 0 Å². The molecular weight excluding hydrogens is 261 g/mol. The second-order valence-corrected chi connectivity index (χ2v) is 5.18. The van der Waals surface area contributed by atoms with Gasteiger partial charge in [-0.2, -0.15) is 0 Å². The zero-order valence-electron chi connectivity index (χ0n) is 8.90. The largest absolute Gasteiger partial charge is 0.325 e. The zero-order valence-corrected chi connectivity index (χ0v) is 10.5. The lowest BCUT2D eigenvalue weighted by Gasteiger charge is -2.18. The maximum Gasteiger partial charge on any atom is 0.229 e. The van der Waals surface area contributed by atoms with Crippen LogP contribution in [0.3, 0.4) is 0 Å². The molecule has 0 spiro atoms. The Morgan fingerprint density at radius 3 is 2.47 bits per heavy atom. The Bertz CT molecular complexity index is 385. The van der Waals surface area contributed by atoms with Gasteiger partial charge < -0.3 is 5.32 Å². The Labute approximate surface area is 97.0 Å². The van der Waals surface area contributed by atoms with Crippen LogP contribution in [-0.4, -0.2) is 5.91 Å². The predicted molar refractivity (Wildman–Crippen MR) is 62.2 cm³/mol. The van der Waals surface area contributed by atoms with Crippen LogP contribution in [0.1, 0.15) is 20.8 Å². The number of hydrogen-bond donors (Lipinski definition) is 1. The van der Waals surface area contributed by atoms with Crippen molar-refractivity contribution in [1.29, 1.82) is 0 Å². The number of amides is 1. The van der Waals surface area contributed by atoms with Crippen molar-refractivity contribution in [3.8, 4) is 0 Å². The van der Waals surface area contributed by atoms with E-state index in [4.69, 9.17) is 0 Å². The van der Waals surface area contributed by atoms with Crippen LogP contribution in [0.5, 0.6) is 0 Å². The van der Waals surface area contributed by atoms with Gasteiger partial charge in [0.05, 0.1) is 5.69 Å². The first-order chi connectivity index (χ1) is 6.80. The van der Waals surface area contributed by atoms with Crippen molar-refractivity contribution < 1.29 is 9.18 Å². The summed E-state index contributed by atoms with van der Waals surface area (Å²) in [4.78, 5) is 11.6. The van der Waals surface area contributed by atoms with Crippen molar-refractivity contribution in [2.24, 2.45) is 5.41 Å². The first-order valence-corrected chi connectivity index (χ1v) is 5.36. The van der Waals surface area contributed by atoms with Gasteiger partial charge in [0.15, 0.2) is 0 Å². The van der Waals surface area contributed by atoms with Gasteiger partial charge in [-0.05, 0) is 34.1 Å². The highest BCUT2D eigenvalue weighted by atomic mass is 79.9. The van der Waals surface area contributed by atoms with Crippen LogP contribution in [0, 0.1) is 11.2 Å². The second-order valence-electron chi connectivity index (χ2n) is 4.33. The van der Waals surface area contributed by atoms with Gasteiger partial charge in [-0.3, -0.25) is 4.79 Å². The molecule has 1 aromatic carbocycles. The van der Waals surface area contributed by atoms with E-state index in [-0.39, 0.29) is 11.7 Å². The molecule has 0 fully saturated rings. The molecule has 1 amide bonds. The fourth-order valence-electron chi connectivity index (χ4n) is 0.901. The third-order valence-corrected chi connectivity index (χ3v) is 2.52. The van der Waals surface area contributed by atoms with Gasteiger partial charge in [0.1, 0.15) is 5.82 Å². The Balaban J connectivity index is 2.87. The third kappa shape index (κ3) is 3.30. The molecule has 0 aliphatic carbocycles. The molecular formula is C11H13BrFNO. The summed E-state index contributed by atoms with van der Waals surface area (Å²) in [6.07, 6.45) is 0. The van der Waals surface area contributed by atoms with Crippen molar-refractivity contribution in [3.05, 3.63) is 28.5 Å². The SMILES string of the molecule is CC(C)(C)C(=O)Nc1ccc(F)cc1Br. The van der Waals surface area contributed by atoms with Gasteiger partial charge in [-0.1, -0.05) is 20.8 Å². The van der Waals surface area contributed by atoms with Crippen LogP contribution in [-0.2, 0) is 4.79 Å². The molecule has 1 N–H and O–H groups in total. The van der Waals surface area contributed by atoms with Gasteiger partial charge in [0.25, 0.3) is 0 Å². The molecule has 4 heteroatoms. The number of anilines is 1. The number of carbonyl (C=O) groups is 1. The van der Waals surface area contributed by atoms with E-state index in [0.29, 0.717) is 10.2 Å². The van der Waals surface area contributed by atoms with Crippen molar-refractivity contribution in [1.82, 2.24) is 0 Å². The van der Waals surface area contributed by atoms with Crippen molar-refractivity contribution in [2.45, 2.75) is 20.8 Å². The fraction of sp³-hybridized carbons (Fsp3) is 0.364. The summed E-state index contributed by atoms with van der Waals surface area (Å²) in [7, 11) is 0. The normalized spacial score (nSPS) is 11.3. The minimum Gasteiger partial charge on any atom is -0.325 e. The smallest absolute Gasteiger partial charge is 0.229 e. The topological polar surface area (TPSA) is 29.1 Å². The number of halogens is 2. The number of rotatable bonds is 1. The van der Waals surface area contributed by atoms with E-state index in [0.717, 1.165) is 0 Å². The zero-order chi connectivity index (χ0) is 11.6. The summed E-state index contributed by atoms with van der Waals surface area (Å²) >= 11 is 3.19. The number of benzene rings is 1. The Morgan fingerprint density at radius 2 is 2.00 bits per heavy atom. The monoisotopic (exact) mass is 273 g/mol. The fourth-order valence-corrected chi connectivity index (χ4v) is 1.35. The van der Waals surface area contributed by atoms with E-state index in [1.165, 1.54) is 18.2 Å². The summed E-state index contributed by atoms with van der Waals surface area (Å²) in [6, 6.07) is 4.16. The lowest BCUT2D eigenvalue weighted by molar-refractivity contribution is -0.123. The molecule has 0 aliphatic heterocycles. The first-order valence-electron chi connectivity index (χ1n) is 4.57. The first kappa shape index (κ1) is 12.2. The summed E-state index contributed by atoms with van der Waals surface area (Å²) < 4.78 is 13.3. The molecule has 0 saturated heterocycles. The Kier molecular flexibility index (Phi) is 3.50. The van der Waals surface area contributed by atoms with Crippen LogP contribution in [0.25, 0.3) is 0 Å². The molecule has 2 nitrogen and oxygen atoms in total. The minimum absolute atomic E-state index is 0.102. The molecule has 0 bridgehead atoms. The predicted octanol–water partition coefficient (Wildman–Crippen LogP) is 3.57. The van der Waals surface area contributed by atoms with E-state index < -0.39 is 5.41 Å². The maximum absolute atomic E-state index is 12.8. The van der Waals surface area contributed by atoms with Crippen molar-refractivity contribution in [2.75, 3.05) is 5.32 Å². The molecule has 0 aromatic heterocycles. The standard InChI is InChI=1S/C11H13BrFNO/c1-11(2,3)10(15)14-9-5-4-7(13)6-8(9)12/h4-6H,1-3H3,(H,14,15). The minimum atomic E-state index is -0.464. The van der Waals surface area contributed by atoms with E-state index in [2.05, 4.69) is 21.2 Å². The molecule has 0 radical (unpaired) electrons. The molecule has 82 valence electrons. The van der Waals surface area contributed by atoms with Crippen LogP contribution in [0.4, 0.5) is 10.1 Å². The highest BCUT2D eigenvalue weighted by molar-refractivity contribution is 9.10. The third-order valence-electron chi connectivity index (χ3n) is 1.86. The molecule has 0 atom stereocenters. The van der Waals surface area contributed by atoms with Gasteiger partial charge in [0.2, 0.25) is 5.91 Å². The molecule has 0 heterocycles. The second kappa shape index (κ2) is 4.31. The number of nitrogens with one attached hydrogen (secondary N) is 1. The van der Waals surface area contributed by atoms with E-state index >= 15 is 0 Å². The lowest BCUT2D eigenvalue weighted by Crippen LogP contribution is -2.27. The molecule has 0 aliphatic rings. The van der Waals surface area contributed by atoms with Crippen LogP contribution in [0.15, 0.2) is 22.7 Å². The van der Waals surface area contributed by atoms with Crippen LogP contribution in [0.2, 0.25) is 0 Å². The van der Waals surface area contributed by atoms with Crippen molar-refractivity contribution in [3.63, 3.8) is 0 Å².